The largest absolute Gasteiger partial charge is 0.329 e. The molecule has 1 heterocycles. The summed E-state index contributed by atoms with van der Waals surface area (Å²) in [6.07, 6.45) is 1.30. The zero-order valence-corrected chi connectivity index (χ0v) is 11.4. The lowest BCUT2D eigenvalue weighted by atomic mass is 10.1. The van der Waals surface area contributed by atoms with Crippen LogP contribution in [0.3, 0.4) is 0 Å². The molecular formula is C13H29N3. The lowest BCUT2D eigenvalue weighted by molar-refractivity contribution is 0.206. The SMILES string of the molecule is CC(C)CCN1CC(C)CN(C)C(CN)C1. The number of rotatable bonds is 4. The third-order valence-electron chi connectivity index (χ3n) is 3.56. The van der Waals surface area contributed by atoms with Gasteiger partial charge in [-0.3, -0.25) is 0 Å². The lowest BCUT2D eigenvalue weighted by Gasteiger charge is -2.28. The van der Waals surface area contributed by atoms with Crippen LogP contribution in [0.2, 0.25) is 0 Å². The predicted molar refractivity (Wildman–Crippen MR) is 70.5 cm³/mol. The number of nitrogens with two attached hydrogens (primary N) is 1. The molecule has 0 aliphatic carbocycles. The van der Waals surface area contributed by atoms with Crippen molar-refractivity contribution in [2.45, 2.75) is 33.2 Å². The van der Waals surface area contributed by atoms with E-state index >= 15 is 0 Å². The maximum Gasteiger partial charge on any atom is 0.0342 e. The minimum Gasteiger partial charge on any atom is -0.329 e. The summed E-state index contributed by atoms with van der Waals surface area (Å²) in [5.41, 5.74) is 5.86. The average molecular weight is 227 g/mol. The molecule has 0 bridgehead atoms. The van der Waals surface area contributed by atoms with Crippen LogP contribution >= 0.6 is 0 Å². The Bertz CT molecular complexity index is 194. The molecule has 0 saturated carbocycles. The van der Waals surface area contributed by atoms with E-state index in [-0.39, 0.29) is 0 Å². The molecule has 96 valence electrons. The first-order chi connectivity index (χ1) is 7.52. The fraction of sp³-hybridized carbons (Fsp3) is 1.00. The van der Waals surface area contributed by atoms with Crippen LogP contribution in [0.1, 0.15) is 27.2 Å². The summed E-state index contributed by atoms with van der Waals surface area (Å²) in [7, 11) is 2.21. The van der Waals surface area contributed by atoms with Gasteiger partial charge in [0.25, 0.3) is 0 Å². The molecule has 1 aliphatic rings. The first kappa shape index (κ1) is 13.9. The molecule has 0 aromatic carbocycles. The molecule has 16 heavy (non-hydrogen) atoms. The molecule has 0 radical (unpaired) electrons. The van der Waals surface area contributed by atoms with E-state index in [9.17, 15) is 0 Å². The first-order valence-corrected chi connectivity index (χ1v) is 6.65. The van der Waals surface area contributed by atoms with Crippen LogP contribution in [0.5, 0.6) is 0 Å². The second kappa shape index (κ2) is 6.58. The Labute approximate surface area is 101 Å². The van der Waals surface area contributed by atoms with E-state index < -0.39 is 0 Å². The summed E-state index contributed by atoms with van der Waals surface area (Å²) >= 11 is 0. The molecule has 3 nitrogen and oxygen atoms in total. The summed E-state index contributed by atoms with van der Waals surface area (Å²) in [6.45, 7) is 12.5. The molecule has 0 amide bonds. The molecule has 0 aromatic rings. The predicted octanol–water partition coefficient (Wildman–Crippen LogP) is 1.24. The summed E-state index contributed by atoms with van der Waals surface area (Å²) in [5, 5.41) is 0. The third kappa shape index (κ3) is 4.40. The molecule has 1 rings (SSSR count). The van der Waals surface area contributed by atoms with Crippen LogP contribution in [0.25, 0.3) is 0 Å². The van der Waals surface area contributed by atoms with Crippen molar-refractivity contribution in [2.24, 2.45) is 17.6 Å². The van der Waals surface area contributed by atoms with Crippen molar-refractivity contribution in [3.8, 4) is 0 Å². The Morgan fingerprint density at radius 3 is 2.50 bits per heavy atom. The fourth-order valence-corrected chi connectivity index (χ4v) is 2.53. The lowest BCUT2D eigenvalue weighted by Crippen LogP contribution is -2.44. The van der Waals surface area contributed by atoms with Gasteiger partial charge in [0.1, 0.15) is 0 Å². The standard InChI is InChI=1S/C13H29N3/c1-11(2)5-6-16-9-12(3)8-15(4)13(7-14)10-16/h11-13H,5-10,14H2,1-4H3. The second-order valence-electron chi connectivity index (χ2n) is 5.88. The van der Waals surface area contributed by atoms with Gasteiger partial charge in [-0.15, -0.1) is 0 Å². The summed E-state index contributed by atoms with van der Waals surface area (Å²) in [4.78, 5) is 5.03. The van der Waals surface area contributed by atoms with E-state index in [1.165, 1.54) is 26.1 Å². The van der Waals surface area contributed by atoms with E-state index in [4.69, 9.17) is 5.73 Å². The van der Waals surface area contributed by atoms with E-state index in [1.54, 1.807) is 0 Å². The second-order valence-corrected chi connectivity index (χ2v) is 5.88. The normalized spacial score (nSPS) is 29.6. The molecule has 0 aromatic heterocycles. The summed E-state index contributed by atoms with van der Waals surface area (Å²) in [5.74, 6) is 1.56. The molecule has 2 N–H and O–H groups in total. The van der Waals surface area contributed by atoms with Gasteiger partial charge in [-0.05, 0) is 31.8 Å². The van der Waals surface area contributed by atoms with Gasteiger partial charge in [0.05, 0.1) is 0 Å². The molecular weight excluding hydrogens is 198 g/mol. The van der Waals surface area contributed by atoms with E-state index in [0.29, 0.717) is 6.04 Å². The average Bonchev–Trinajstić information content (AvgIpc) is 2.33. The van der Waals surface area contributed by atoms with Crippen molar-refractivity contribution >= 4 is 0 Å². The Kier molecular flexibility index (Phi) is 5.73. The van der Waals surface area contributed by atoms with Crippen LogP contribution in [0.4, 0.5) is 0 Å². The number of nitrogens with zero attached hydrogens (tertiary/aromatic N) is 2. The van der Waals surface area contributed by atoms with Crippen LogP contribution in [-0.2, 0) is 0 Å². The van der Waals surface area contributed by atoms with Crippen LogP contribution in [0, 0.1) is 11.8 Å². The van der Waals surface area contributed by atoms with Gasteiger partial charge in [0, 0.05) is 32.2 Å². The summed E-state index contributed by atoms with van der Waals surface area (Å²) in [6, 6.07) is 0.539. The molecule has 1 fully saturated rings. The number of hydrogen-bond donors (Lipinski definition) is 1. The van der Waals surface area contributed by atoms with Gasteiger partial charge in [-0.25, -0.2) is 0 Å². The van der Waals surface area contributed by atoms with Crippen LogP contribution < -0.4 is 5.73 Å². The van der Waals surface area contributed by atoms with Crippen molar-refractivity contribution in [2.75, 3.05) is 39.8 Å². The molecule has 1 aliphatic heterocycles. The smallest absolute Gasteiger partial charge is 0.0342 e. The summed E-state index contributed by atoms with van der Waals surface area (Å²) < 4.78 is 0. The highest BCUT2D eigenvalue weighted by Gasteiger charge is 2.24. The maximum absolute atomic E-state index is 5.86. The zero-order valence-electron chi connectivity index (χ0n) is 11.4. The van der Waals surface area contributed by atoms with Gasteiger partial charge in [-0.1, -0.05) is 20.8 Å². The molecule has 2 unspecified atom stereocenters. The Morgan fingerprint density at radius 1 is 1.25 bits per heavy atom. The van der Waals surface area contributed by atoms with E-state index in [1.807, 2.05) is 0 Å². The van der Waals surface area contributed by atoms with Gasteiger partial charge < -0.3 is 15.5 Å². The minimum atomic E-state index is 0.539. The van der Waals surface area contributed by atoms with Crippen LogP contribution in [0.15, 0.2) is 0 Å². The van der Waals surface area contributed by atoms with Gasteiger partial charge in [0.15, 0.2) is 0 Å². The molecule has 3 heteroatoms. The van der Waals surface area contributed by atoms with Crippen molar-refractivity contribution in [3.05, 3.63) is 0 Å². The zero-order chi connectivity index (χ0) is 12.1. The molecule has 2 atom stereocenters. The topological polar surface area (TPSA) is 32.5 Å². The monoisotopic (exact) mass is 227 g/mol. The van der Waals surface area contributed by atoms with Crippen molar-refractivity contribution in [1.29, 1.82) is 0 Å². The Hall–Kier alpha value is -0.120. The Morgan fingerprint density at radius 2 is 1.94 bits per heavy atom. The van der Waals surface area contributed by atoms with Crippen LogP contribution in [-0.4, -0.2) is 55.6 Å². The number of likely N-dealkylation sites (N-methyl/N-ethyl adjacent to an activating group) is 1. The van der Waals surface area contributed by atoms with E-state index in [2.05, 4.69) is 37.6 Å². The number of hydrogen-bond acceptors (Lipinski definition) is 3. The third-order valence-corrected chi connectivity index (χ3v) is 3.56. The highest BCUT2D eigenvalue weighted by Crippen LogP contribution is 2.13. The maximum atomic E-state index is 5.86. The Balaban J connectivity index is 2.49. The first-order valence-electron chi connectivity index (χ1n) is 6.65. The quantitative estimate of drug-likeness (QED) is 0.784. The highest BCUT2D eigenvalue weighted by atomic mass is 15.2. The van der Waals surface area contributed by atoms with Crippen molar-refractivity contribution < 1.29 is 0 Å². The van der Waals surface area contributed by atoms with Crippen molar-refractivity contribution in [3.63, 3.8) is 0 Å². The molecule has 1 saturated heterocycles. The van der Waals surface area contributed by atoms with Gasteiger partial charge in [-0.2, -0.15) is 0 Å². The minimum absolute atomic E-state index is 0.539. The highest BCUT2D eigenvalue weighted by molar-refractivity contribution is 4.81. The van der Waals surface area contributed by atoms with Gasteiger partial charge in [0.2, 0.25) is 0 Å². The van der Waals surface area contributed by atoms with Gasteiger partial charge >= 0.3 is 0 Å². The van der Waals surface area contributed by atoms with Crippen molar-refractivity contribution in [1.82, 2.24) is 9.80 Å². The van der Waals surface area contributed by atoms with E-state index in [0.717, 1.165) is 24.9 Å². The fourth-order valence-electron chi connectivity index (χ4n) is 2.53. The molecule has 0 spiro atoms.